The third-order valence-electron chi connectivity index (χ3n) is 4.18. The van der Waals surface area contributed by atoms with Crippen LogP contribution in [0.15, 0.2) is 28.3 Å². The van der Waals surface area contributed by atoms with E-state index in [4.69, 9.17) is 0 Å². The highest BCUT2D eigenvalue weighted by molar-refractivity contribution is 5.62. The van der Waals surface area contributed by atoms with Crippen molar-refractivity contribution in [2.24, 2.45) is 0 Å². The Labute approximate surface area is 155 Å². The van der Waals surface area contributed by atoms with Crippen LogP contribution in [-0.4, -0.2) is 0 Å². The molecule has 0 aromatic carbocycles. The van der Waals surface area contributed by atoms with Gasteiger partial charge in [-0.25, -0.2) is 0 Å². The third-order valence-corrected chi connectivity index (χ3v) is 4.18. The summed E-state index contributed by atoms with van der Waals surface area (Å²) in [6, 6.07) is 0. The van der Waals surface area contributed by atoms with Gasteiger partial charge in [-0.3, -0.25) is 0 Å². The molecule has 0 spiro atoms. The lowest BCUT2D eigenvalue weighted by Crippen LogP contribution is -2.05. The van der Waals surface area contributed by atoms with Crippen LogP contribution >= 0.6 is 0 Å². The van der Waals surface area contributed by atoms with Gasteiger partial charge in [-0.15, -0.1) is 0 Å². The fraction of sp³-hybridized carbons (Fsp3) is 0. The first-order chi connectivity index (χ1) is 12.4. The Morgan fingerprint density at radius 3 is 0.880 bits per heavy atom. The first-order valence-electron chi connectivity index (χ1n) is 8.31. The molecule has 0 amide bonds. The zero-order valence-electron chi connectivity index (χ0n) is 13.7. The largest absolute Gasteiger partial charge is 0.0610 e. The van der Waals surface area contributed by atoms with Gasteiger partial charge in [0.1, 0.15) is 0 Å². The van der Waals surface area contributed by atoms with Gasteiger partial charge < -0.3 is 0 Å². The summed E-state index contributed by atoms with van der Waals surface area (Å²) in [5.74, 6) is 4.57. The molecule has 0 N–H and O–H groups in total. The standard InChI is InChI=1S/C25H16/c1-2-11-20(10-1)24(21-12-3-4-13-21)18-9-19-25(22-14-5-6-15-22)23-16-7-8-17-23/h1-8,10-17H. The molecule has 0 atom stereocenters. The number of allylic oxidation sites excluding steroid dienone is 2. The van der Waals surface area contributed by atoms with Crippen LogP contribution in [0.1, 0.15) is 0 Å². The van der Waals surface area contributed by atoms with Gasteiger partial charge in [0, 0.05) is 23.7 Å². The summed E-state index contributed by atoms with van der Waals surface area (Å²) in [4.78, 5) is 0. The maximum absolute atomic E-state index is 3.31. The molecule has 0 aromatic rings. The van der Waals surface area contributed by atoms with Gasteiger partial charge in [0.15, 0.2) is 0 Å². The fourth-order valence-corrected chi connectivity index (χ4v) is 2.94. The summed E-state index contributed by atoms with van der Waals surface area (Å²) in [5.41, 5.74) is 11.9. The van der Waals surface area contributed by atoms with Crippen LogP contribution in [0, 0.1) is 126 Å². The first kappa shape index (κ1) is 17.5. The van der Waals surface area contributed by atoms with E-state index in [0.29, 0.717) is 0 Å². The van der Waals surface area contributed by atoms with E-state index in [-0.39, 0.29) is 0 Å². The van der Waals surface area contributed by atoms with Crippen LogP contribution in [0.5, 0.6) is 0 Å². The van der Waals surface area contributed by atoms with Crippen molar-refractivity contribution in [3.63, 3.8) is 0 Å². The average Bonchev–Trinajstić information content (AvgIpc) is 3.44. The lowest BCUT2D eigenvalue weighted by Gasteiger charge is -2.16. The minimum atomic E-state index is 1.03. The molecule has 0 bridgehead atoms. The predicted octanol–water partition coefficient (Wildman–Crippen LogP) is 4.37. The molecule has 4 aliphatic rings. The molecule has 0 aliphatic heterocycles. The van der Waals surface area contributed by atoms with Crippen molar-refractivity contribution in [1.29, 1.82) is 0 Å². The number of hydrogen-bond donors (Lipinski definition) is 0. The van der Waals surface area contributed by atoms with Gasteiger partial charge in [-0.1, -0.05) is 11.5 Å². The summed E-state index contributed by atoms with van der Waals surface area (Å²) in [6.45, 7) is 0. The van der Waals surface area contributed by atoms with E-state index in [2.05, 4.69) is 68.6 Å². The minimum absolute atomic E-state index is 1.03. The molecule has 0 heterocycles. The van der Waals surface area contributed by atoms with Crippen molar-refractivity contribution in [3.8, 4) is 0 Å². The molecule has 0 saturated heterocycles. The summed E-state index contributed by atoms with van der Waals surface area (Å²) in [7, 11) is 0. The van der Waals surface area contributed by atoms with Crippen molar-refractivity contribution >= 4 is 0 Å². The van der Waals surface area contributed by atoms with E-state index >= 15 is 0 Å². The van der Waals surface area contributed by atoms with Gasteiger partial charge in [-0.05, 0) is 120 Å². The van der Waals surface area contributed by atoms with Gasteiger partial charge in [0.2, 0.25) is 0 Å². The second-order valence-corrected chi connectivity index (χ2v) is 5.82. The van der Waals surface area contributed by atoms with E-state index in [1.807, 2.05) is 51.4 Å². The zero-order chi connectivity index (χ0) is 16.9. The lowest BCUT2D eigenvalue weighted by molar-refractivity contribution is 1.16. The Hall–Kier alpha value is -0.920. The monoisotopic (exact) mass is 316 g/mol. The van der Waals surface area contributed by atoms with E-state index in [0.717, 1.165) is 34.8 Å². The Balaban J connectivity index is 1.68. The Bertz CT molecular complexity index is 480. The molecule has 4 saturated carbocycles. The normalized spacial score (nSPS) is 25.9. The minimum Gasteiger partial charge on any atom is -0.0610 e. The van der Waals surface area contributed by atoms with E-state index in [1.54, 1.807) is 0 Å². The van der Waals surface area contributed by atoms with E-state index in [9.17, 15) is 0 Å². The van der Waals surface area contributed by atoms with Crippen LogP contribution in [0.25, 0.3) is 0 Å². The van der Waals surface area contributed by atoms with Crippen molar-refractivity contribution in [1.82, 2.24) is 0 Å². The smallest absolute Gasteiger partial charge is 0.0175 e. The Morgan fingerprint density at radius 2 is 0.640 bits per heavy atom. The third kappa shape index (κ3) is 4.26. The summed E-state index contributed by atoms with van der Waals surface area (Å²) >= 11 is 0. The van der Waals surface area contributed by atoms with Gasteiger partial charge in [0.05, 0.1) is 0 Å². The molecule has 25 heavy (non-hydrogen) atoms. The summed E-state index contributed by atoms with van der Waals surface area (Å²) in [6.07, 6.45) is 33.1. The van der Waals surface area contributed by atoms with Crippen molar-refractivity contribution in [2.45, 2.75) is 0 Å². The molecule has 116 valence electrons. The van der Waals surface area contributed by atoms with Crippen molar-refractivity contribution < 1.29 is 0 Å². The SMILES string of the molecule is C(=C=C([C]1[CH][CH][CH][CH]1)[C]1[CH][CH][CH][CH]1)=C=C([C]1[CH][CH][CH][CH]1)[C]1[CH][CH][CH][CH]1. The quantitative estimate of drug-likeness (QED) is 0.676. The van der Waals surface area contributed by atoms with Crippen molar-refractivity contribution in [2.75, 3.05) is 0 Å². The maximum atomic E-state index is 3.31. The average molecular weight is 316 g/mol. The van der Waals surface area contributed by atoms with Gasteiger partial charge in [-0.2, -0.15) is 0 Å². The topological polar surface area (TPSA) is 0 Å². The molecule has 4 fully saturated rings. The number of hydrogen-bond acceptors (Lipinski definition) is 0. The maximum Gasteiger partial charge on any atom is 0.0175 e. The molecular weight excluding hydrogens is 300 g/mol. The van der Waals surface area contributed by atoms with Crippen LogP contribution in [-0.2, 0) is 0 Å². The van der Waals surface area contributed by atoms with E-state index < -0.39 is 0 Å². The predicted molar refractivity (Wildman–Crippen MR) is 99.3 cm³/mol. The molecule has 0 aromatic heterocycles. The van der Waals surface area contributed by atoms with Crippen molar-refractivity contribution in [3.05, 3.63) is 155 Å². The second kappa shape index (κ2) is 8.64. The molecule has 0 unspecified atom stereocenters. The lowest BCUT2D eigenvalue weighted by atomic mass is 9.85. The first-order valence-corrected chi connectivity index (χ1v) is 8.31. The highest BCUT2D eigenvalue weighted by atomic mass is 14.3. The molecular formula is C25H16. The summed E-state index contributed by atoms with van der Waals surface area (Å²) < 4.78 is 0. The Kier molecular flexibility index (Phi) is 6.05. The van der Waals surface area contributed by atoms with Crippen LogP contribution in [0.2, 0.25) is 0 Å². The molecule has 4 rings (SSSR count). The van der Waals surface area contributed by atoms with Crippen LogP contribution in [0.4, 0.5) is 0 Å². The number of rotatable bonds is 4. The second-order valence-electron chi connectivity index (χ2n) is 5.82. The highest BCUT2D eigenvalue weighted by Crippen LogP contribution is 2.41. The van der Waals surface area contributed by atoms with Crippen LogP contribution < -0.4 is 0 Å². The molecule has 20 radical (unpaired) electrons. The van der Waals surface area contributed by atoms with E-state index in [1.165, 1.54) is 0 Å². The molecule has 4 aliphatic carbocycles. The molecule has 0 heteroatoms. The van der Waals surface area contributed by atoms with Gasteiger partial charge >= 0.3 is 0 Å². The summed E-state index contributed by atoms with van der Waals surface area (Å²) in [5, 5.41) is 0. The van der Waals surface area contributed by atoms with Crippen LogP contribution in [0.3, 0.4) is 0 Å². The Morgan fingerprint density at radius 1 is 0.400 bits per heavy atom. The molecule has 0 nitrogen and oxygen atoms in total. The van der Waals surface area contributed by atoms with Gasteiger partial charge in [0.25, 0.3) is 0 Å². The fourth-order valence-electron chi connectivity index (χ4n) is 2.94. The zero-order valence-corrected chi connectivity index (χ0v) is 13.7. The highest BCUT2D eigenvalue weighted by Gasteiger charge is 2.31.